The molecule has 2 aromatic carbocycles. The molecule has 5 heteroatoms. The van der Waals surface area contributed by atoms with Gasteiger partial charge in [0.25, 0.3) is 0 Å². The SMILES string of the molecule is Oc1ccc(CNc2c(Cl)cccc2Cl)cc1F. The van der Waals surface area contributed by atoms with Crippen molar-refractivity contribution in [2.45, 2.75) is 6.54 Å². The van der Waals surface area contributed by atoms with Crippen molar-refractivity contribution in [3.63, 3.8) is 0 Å². The molecule has 0 amide bonds. The molecular weight excluding hydrogens is 276 g/mol. The maximum Gasteiger partial charge on any atom is 0.165 e. The van der Waals surface area contributed by atoms with Gasteiger partial charge in [-0.15, -0.1) is 0 Å². The highest BCUT2D eigenvalue weighted by molar-refractivity contribution is 6.39. The van der Waals surface area contributed by atoms with Crippen molar-refractivity contribution in [2.24, 2.45) is 0 Å². The third-order valence-corrected chi connectivity index (χ3v) is 3.07. The van der Waals surface area contributed by atoms with Gasteiger partial charge >= 0.3 is 0 Å². The molecule has 0 spiro atoms. The van der Waals surface area contributed by atoms with E-state index in [1.807, 2.05) is 0 Å². The Morgan fingerprint density at radius 3 is 2.39 bits per heavy atom. The summed E-state index contributed by atoms with van der Waals surface area (Å²) in [5, 5.41) is 13.1. The predicted octanol–water partition coefficient (Wildman–Crippen LogP) is 4.45. The van der Waals surface area contributed by atoms with Crippen LogP contribution in [0.3, 0.4) is 0 Å². The summed E-state index contributed by atoms with van der Waals surface area (Å²) in [6, 6.07) is 9.36. The molecule has 2 nitrogen and oxygen atoms in total. The van der Waals surface area contributed by atoms with Crippen molar-refractivity contribution >= 4 is 28.9 Å². The van der Waals surface area contributed by atoms with Gasteiger partial charge < -0.3 is 10.4 Å². The molecule has 0 aliphatic carbocycles. The average molecular weight is 286 g/mol. The monoisotopic (exact) mass is 285 g/mol. The Labute approximate surface area is 114 Å². The Morgan fingerprint density at radius 2 is 1.78 bits per heavy atom. The summed E-state index contributed by atoms with van der Waals surface area (Å²) in [5.41, 5.74) is 1.29. The minimum atomic E-state index is -0.653. The number of rotatable bonds is 3. The van der Waals surface area contributed by atoms with Crippen molar-refractivity contribution in [1.82, 2.24) is 0 Å². The first-order valence-electron chi connectivity index (χ1n) is 5.23. The van der Waals surface area contributed by atoms with Crippen molar-refractivity contribution in [1.29, 1.82) is 0 Å². The first kappa shape index (κ1) is 13.0. The summed E-state index contributed by atoms with van der Waals surface area (Å²) >= 11 is 12.0. The van der Waals surface area contributed by atoms with Gasteiger partial charge in [-0.25, -0.2) is 4.39 Å². The molecule has 0 aromatic heterocycles. The second-order valence-corrected chi connectivity index (χ2v) is 4.55. The van der Waals surface area contributed by atoms with E-state index in [0.29, 0.717) is 27.8 Å². The number of para-hydroxylation sites is 1. The number of anilines is 1. The normalized spacial score (nSPS) is 10.4. The molecule has 0 saturated carbocycles. The molecule has 0 aliphatic rings. The van der Waals surface area contributed by atoms with Crippen LogP contribution < -0.4 is 5.32 Å². The zero-order chi connectivity index (χ0) is 13.1. The van der Waals surface area contributed by atoms with Gasteiger partial charge in [-0.1, -0.05) is 35.3 Å². The quantitative estimate of drug-likeness (QED) is 0.873. The lowest BCUT2D eigenvalue weighted by atomic mass is 10.2. The van der Waals surface area contributed by atoms with E-state index >= 15 is 0 Å². The first-order valence-corrected chi connectivity index (χ1v) is 5.99. The predicted molar refractivity (Wildman–Crippen MR) is 71.9 cm³/mol. The molecule has 0 atom stereocenters. The van der Waals surface area contributed by atoms with Crippen LogP contribution in [-0.4, -0.2) is 5.11 Å². The molecule has 0 radical (unpaired) electrons. The van der Waals surface area contributed by atoms with E-state index in [9.17, 15) is 4.39 Å². The highest BCUT2D eigenvalue weighted by atomic mass is 35.5. The molecule has 0 bridgehead atoms. The third kappa shape index (κ3) is 2.86. The van der Waals surface area contributed by atoms with Gasteiger partial charge in [0.1, 0.15) is 0 Å². The minimum Gasteiger partial charge on any atom is -0.505 e. The number of halogens is 3. The van der Waals surface area contributed by atoms with Crippen molar-refractivity contribution < 1.29 is 9.50 Å². The second-order valence-electron chi connectivity index (χ2n) is 3.74. The molecule has 0 saturated heterocycles. The van der Waals surface area contributed by atoms with E-state index in [1.165, 1.54) is 12.1 Å². The third-order valence-electron chi connectivity index (χ3n) is 2.44. The van der Waals surface area contributed by atoms with E-state index in [-0.39, 0.29) is 5.75 Å². The standard InChI is InChI=1S/C13H10Cl2FNO/c14-9-2-1-3-10(15)13(9)17-7-8-4-5-12(18)11(16)6-8/h1-6,17-18H,7H2. The van der Waals surface area contributed by atoms with Gasteiger partial charge in [-0.2, -0.15) is 0 Å². The largest absolute Gasteiger partial charge is 0.505 e. The number of aromatic hydroxyl groups is 1. The van der Waals surface area contributed by atoms with Gasteiger partial charge in [-0.05, 0) is 29.8 Å². The van der Waals surface area contributed by atoms with Gasteiger partial charge in [0.2, 0.25) is 0 Å². The van der Waals surface area contributed by atoms with Crippen molar-refractivity contribution in [3.8, 4) is 5.75 Å². The molecule has 0 unspecified atom stereocenters. The van der Waals surface area contributed by atoms with Crippen LogP contribution in [0.5, 0.6) is 5.75 Å². The summed E-state index contributed by atoms with van der Waals surface area (Å²) in [6.07, 6.45) is 0. The maximum absolute atomic E-state index is 13.1. The van der Waals surface area contributed by atoms with E-state index < -0.39 is 5.82 Å². The lowest BCUT2D eigenvalue weighted by Crippen LogP contribution is -2.01. The topological polar surface area (TPSA) is 32.3 Å². The van der Waals surface area contributed by atoms with Crippen molar-refractivity contribution in [2.75, 3.05) is 5.32 Å². The zero-order valence-corrected chi connectivity index (χ0v) is 10.8. The van der Waals surface area contributed by atoms with Crippen LogP contribution in [-0.2, 0) is 6.54 Å². The highest BCUT2D eigenvalue weighted by Crippen LogP contribution is 2.30. The Balaban J connectivity index is 2.14. The Kier molecular flexibility index (Phi) is 3.94. The Morgan fingerprint density at radius 1 is 1.11 bits per heavy atom. The summed E-state index contributed by atoms with van der Waals surface area (Å²) in [5.74, 6) is -1.02. The fraction of sp³-hybridized carbons (Fsp3) is 0.0769. The number of hydrogen-bond donors (Lipinski definition) is 2. The number of benzene rings is 2. The van der Waals surface area contributed by atoms with Crippen LogP contribution in [0.15, 0.2) is 36.4 Å². The summed E-state index contributed by atoms with van der Waals surface area (Å²) in [6.45, 7) is 0.362. The fourth-order valence-corrected chi connectivity index (χ4v) is 2.05. The van der Waals surface area contributed by atoms with Crippen LogP contribution in [0, 0.1) is 5.82 Å². The van der Waals surface area contributed by atoms with E-state index in [0.717, 1.165) is 0 Å². The first-order chi connectivity index (χ1) is 8.58. The molecule has 0 aliphatic heterocycles. The van der Waals surface area contributed by atoms with Gasteiger partial charge in [0.05, 0.1) is 15.7 Å². The summed E-state index contributed by atoms with van der Waals surface area (Å²) < 4.78 is 13.1. The van der Waals surface area contributed by atoms with Crippen LogP contribution in [0.4, 0.5) is 10.1 Å². The van der Waals surface area contributed by atoms with E-state index in [1.54, 1.807) is 24.3 Å². The molecule has 94 valence electrons. The van der Waals surface area contributed by atoms with Crippen LogP contribution in [0.2, 0.25) is 10.0 Å². The van der Waals surface area contributed by atoms with Crippen LogP contribution in [0.1, 0.15) is 5.56 Å². The fourth-order valence-electron chi connectivity index (χ4n) is 1.52. The molecule has 2 rings (SSSR count). The summed E-state index contributed by atoms with van der Waals surface area (Å²) in [7, 11) is 0. The van der Waals surface area contributed by atoms with E-state index in [4.69, 9.17) is 28.3 Å². The second kappa shape index (κ2) is 5.46. The zero-order valence-electron chi connectivity index (χ0n) is 9.25. The maximum atomic E-state index is 13.1. The number of nitrogens with one attached hydrogen (secondary N) is 1. The molecule has 18 heavy (non-hydrogen) atoms. The van der Waals surface area contributed by atoms with Gasteiger partial charge in [0, 0.05) is 6.54 Å². The lowest BCUT2D eigenvalue weighted by molar-refractivity contribution is 0.432. The molecule has 2 N–H and O–H groups in total. The lowest BCUT2D eigenvalue weighted by Gasteiger charge is -2.10. The van der Waals surface area contributed by atoms with Gasteiger partial charge in [0.15, 0.2) is 11.6 Å². The molecule has 2 aromatic rings. The molecule has 0 heterocycles. The highest BCUT2D eigenvalue weighted by Gasteiger charge is 2.06. The van der Waals surface area contributed by atoms with Gasteiger partial charge in [-0.3, -0.25) is 0 Å². The number of hydrogen-bond acceptors (Lipinski definition) is 2. The minimum absolute atomic E-state index is 0.362. The summed E-state index contributed by atoms with van der Waals surface area (Å²) in [4.78, 5) is 0. The Hall–Kier alpha value is -1.45. The Bertz CT molecular complexity index is 555. The smallest absolute Gasteiger partial charge is 0.165 e. The number of phenols is 1. The number of phenolic OH excluding ortho intramolecular Hbond substituents is 1. The molecule has 0 fully saturated rings. The average Bonchev–Trinajstić information content (AvgIpc) is 2.33. The van der Waals surface area contributed by atoms with Crippen LogP contribution >= 0.6 is 23.2 Å². The van der Waals surface area contributed by atoms with Crippen molar-refractivity contribution in [3.05, 3.63) is 57.8 Å². The molecular formula is C13H10Cl2FNO. The van der Waals surface area contributed by atoms with Crippen LogP contribution in [0.25, 0.3) is 0 Å². The van der Waals surface area contributed by atoms with E-state index in [2.05, 4.69) is 5.32 Å².